The van der Waals surface area contributed by atoms with Crippen LogP contribution in [0.15, 0.2) is 15.9 Å². The van der Waals surface area contributed by atoms with Gasteiger partial charge in [-0.25, -0.2) is 0 Å². The van der Waals surface area contributed by atoms with Crippen LogP contribution in [0.1, 0.15) is 31.8 Å². The fraction of sp³-hybridized carbons (Fsp3) is 0.692. The molecule has 3 nitrogen and oxygen atoms in total. The number of ether oxygens (including phenoxy) is 2. The second kappa shape index (κ2) is 8.27. The molecule has 2 N–H and O–H groups in total. The second-order valence-corrected chi connectivity index (χ2v) is 7.26. The van der Waals surface area contributed by atoms with Crippen molar-refractivity contribution in [1.82, 2.24) is 0 Å². The summed E-state index contributed by atoms with van der Waals surface area (Å²) in [7, 11) is 0. The SMILES string of the molecule is CC(C)COCCOC(c1ccc(Br)s1)C(C)N. The summed E-state index contributed by atoms with van der Waals surface area (Å²) in [6.07, 6.45) is -0.0519. The fourth-order valence-electron chi connectivity index (χ4n) is 1.53. The van der Waals surface area contributed by atoms with E-state index in [1.54, 1.807) is 11.3 Å². The van der Waals surface area contributed by atoms with Gasteiger partial charge < -0.3 is 15.2 Å². The second-order valence-electron chi connectivity index (χ2n) is 4.76. The number of hydrogen-bond donors (Lipinski definition) is 1. The molecule has 0 aliphatic rings. The van der Waals surface area contributed by atoms with Crippen molar-refractivity contribution in [1.29, 1.82) is 0 Å². The molecule has 1 aromatic heterocycles. The van der Waals surface area contributed by atoms with Gasteiger partial charge in [-0.1, -0.05) is 13.8 Å². The highest BCUT2D eigenvalue weighted by Crippen LogP contribution is 2.30. The zero-order valence-electron chi connectivity index (χ0n) is 11.2. The third-order valence-corrected chi connectivity index (χ3v) is 4.01. The van der Waals surface area contributed by atoms with Crippen LogP contribution in [0.2, 0.25) is 0 Å². The molecule has 0 amide bonds. The topological polar surface area (TPSA) is 44.5 Å². The highest BCUT2D eigenvalue weighted by atomic mass is 79.9. The molecule has 0 radical (unpaired) electrons. The van der Waals surface area contributed by atoms with Crippen LogP contribution in [-0.4, -0.2) is 25.9 Å². The van der Waals surface area contributed by atoms with Gasteiger partial charge in [0.15, 0.2) is 0 Å². The normalized spacial score (nSPS) is 15.0. The molecule has 104 valence electrons. The summed E-state index contributed by atoms with van der Waals surface area (Å²) in [6.45, 7) is 8.20. The smallest absolute Gasteiger partial charge is 0.107 e. The van der Waals surface area contributed by atoms with Gasteiger partial charge in [-0.3, -0.25) is 0 Å². The first-order valence-electron chi connectivity index (χ1n) is 6.21. The third-order valence-electron chi connectivity index (χ3n) is 2.33. The van der Waals surface area contributed by atoms with Crippen LogP contribution in [0.4, 0.5) is 0 Å². The van der Waals surface area contributed by atoms with Crippen LogP contribution in [0.25, 0.3) is 0 Å². The molecule has 0 fully saturated rings. The number of hydrogen-bond acceptors (Lipinski definition) is 4. The van der Waals surface area contributed by atoms with E-state index in [1.165, 1.54) is 0 Å². The van der Waals surface area contributed by atoms with Crippen molar-refractivity contribution in [3.8, 4) is 0 Å². The highest BCUT2D eigenvalue weighted by molar-refractivity contribution is 9.11. The van der Waals surface area contributed by atoms with E-state index >= 15 is 0 Å². The summed E-state index contributed by atoms with van der Waals surface area (Å²) in [4.78, 5) is 1.15. The molecular weight excluding hydrogens is 314 g/mol. The van der Waals surface area contributed by atoms with Crippen LogP contribution >= 0.6 is 27.3 Å². The van der Waals surface area contributed by atoms with Crippen molar-refractivity contribution < 1.29 is 9.47 Å². The maximum atomic E-state index is 5.97. The Labute approximate surface area is 122 Å². The summed E-state index contributed by atoms with van der Waals surface area (Å²) < 4.78 is 12.4. The van der Waals surface area contributed by atoms with E-state index in [4.69, 9.17) is 15.2 Å². The summed E-state index contributed by atoms with van der Waals surface area (Å²) in [5.41, 5.74) is 5.97. The van der Waals surface area contributed by atoms with Gasteiger partial charge in [-0.05, 0) is 40.9 Å². The predicted molar refractivity (Wildman–Crippen MR) is 80.0 cm³/mol. The maximum Gasteiger partial charge on any atom is 0.107 e. The first kappa shape index (κ1) is 16.1. The molecule has 1 rings (SSSR count). The Bertz CT molecular complexity index is 341. The average Bonchev–Trinajstić information content (AvgIpc) is 2.69. The minimum Gasteiger partial charge on any atom is -0.379 e. The molecule has 1 aromatic rings. The van der Waals surface area contributed by atoms with Crippen LogP contribution in [0, 0.1) is 5.92 Å². The van der Waals surface area contributed by atoms with E-state index in [1.807, 2.05) is 13.0 Å². The number of halogens is 1. The van der Waals surface area contributed by atoms with E-state index in [2.05, 4.69) is 35.8 Å². The van der Waals surface area contributed by atoms with Crippen molar-refractivity contribution in [3.05, 3.63) is 20.8 Å². The minimum absolute atomic E-state index is 0.0272. The first-order valence-corrected chi connectivity index (χ1v) is 7.81. The van der Waals surface area contributed by atoms with Gasteiger partial charge in [0.1, 0.15) is 6.10 Å². The molecule has 0 saturated carbocycles. The average molecular weight is 336 g/mol. The molecule has 0 bridgehead atoms. The van der Waals surface area contributed by atoms with E-state index < -0.39 is 0 Å². The van der Waals surface area contributed by atoms with Gasteiger partial charge in [0.25, 0.3) is 0 Å². The van der Waals surface area contributed by atoms with Gasteiger partial charge in [0.05, 0.1) is 17.0 Å². The Balaban J connectivity index is 2.35. The van der Waals surface area contributed by atoms with Crippen molar-refractivity contribution >= 4 is 27.3 Å². The Morgan fingerprint density at radius 1 is 1.28 bits per heavy atom. The van der Waals surface area contributed by atoms with E-state index in [0.717, 1.165) is 15.3 Å². The molecule has 2 atom stereocenters. The van der Waals surface area contributed by atoms with Gasteiger partial charge in [0.2, 0.25) is 0 Å². The third kappa shape index (κ3) is 5.80. The molecular formula is C13H22BrNO2S. The van der Waals surface area contributed by atoms with Crippen LogP contribution in [0.5, 0.6) is 0 Å². The molecule has 2 unspecified atom stereocenters. The summed E-state index contributed by atoms with van der Waals surface area (Å²) in [5.74, 6) is 0.558. The molecule has 18 heavy (non-hydrogen) atoms. The van der Waals surface area contributed by atoms with Gasteiger partial charge in [-0.2, -0.15) is 0 Å². The zero-order chi connectivity index (χ0) is 13.5. The molecule has 0 aliphatic heterocycles. The van der Waals surface area contributed by atoms with E-state index in [9.17, 15) is 0 Å². The van der Waals surface area contributed by atoms with Crippen molar-refractivity contribution in [2.45, 2.75) is 32.9 Å². The Morgan fingerprint density at radius 3 is 2.50 bits per heavy atom. The lowest BCUT2D eigenvalue weighted by Crippen LogP contribution is -2.27. The van der Waals surface area contributed by atoms with E-state index in [0.29, 0.717) is 19.1 Å². The summed E-state index contributed by atoms with van der Waals surface area (Å²) in [5, 5.41) is 0. The molecule has 0 saturated heterocycles. The Morgan fingerprint density at radius 2 is 2.00 bits per heavy atom. The fourth-order valence-corrected chi connectivity index (χ4v) is 3.12. The summed E-state index contributed by atoms with van der Waals surface area (Å²) >= 11 is 5.12. The predicted octanol–water partition coefficient (Wildman–Crippen LogP) is 3.59. The summed E-state index contributed by atoms with van der Waals surface area (Å²) in [6, 6.07) is 4.05. The largest absolute Gasteiger partial charge is 0.379 e. The molecule has 5 heteroatoms. The monoisotopic (exact) mass is 335 g/mol. The highest BCUT2D eigenvalue weighted by Gasteiger charge is 2.18. The van der Waals surface area contributed by atoms with Crippen molar-refractivity contribution in [2.75, 3.05) is 19.8 Å². The Hall–Kier alpha value is 0.0600. The lowest BCUT2D eigenvalue weighted by atomic mass is 10.1. The molecule has 1 heterocycles. The van der Waals surface area contributed by atoms with Gasteiger partial charge in [0, 0.05) is 17.5 Å². The van der Waals surface area contributed by atoms with Gasteiger partial charge >= 0.3 is 0 Å². The van der Waals surface area contributed by atoms with E-state index in [-0.39, 0.29) is 12.1 Å². The molecule has 0 aromatic carbocycles. The van der Waals surface area contributed by atoms with Crippen LogP contribution < -0.4 is 5.73 Å². The maximum absolute atomic E-state index is 5.97. The molecule has 0 aliphatic carbocycles. The van der Waals surface area contributed by atoms with Crippen LogP contribution in [0.3, 0.4) is 0 Å². The first-order chi connectivity index (χ1) is 8.50. The van der Waals surface area contributed by atoms with Gasteiger partial charge in [-0.15, -0.1) is 11.3 Å². The number of thiophene rings is 1. The van der Waals surface area contributed by atoms with Crippen molar-refractivity contribution in [3.63, 3.8) is 0 Å². The van der Waals surface area contributed by atoms with Crippen LogP contribution in [-0.2, 0) is 9.47 Å². The minimum atomic E-state index is -0.0519. The Kier molecular flexibility index (Phi) is 7.41. The number of rotatable bonds is 8. The molecule has 0 spiro atoms. The number of nitrogens with two attached hydrogens (primary N) is 1. The lowest BCUT2D eigenvalue weighted by Gasteiger charge is -2.20. The van der Waals surface area contributed by atoms with Crippen molar-refractivity contribution in [2.24, 2.45) is 11.7 Å². The standard InChI is InChI=1S/C13H22BrNO2S/c1-9(2)8-16-6-7-17-13(10(3)15)11-4-5-12(14)18-11/h4-5,9-10,13H,6-8,15H2,1-3H3. The lowest BCUT2D eigenvalue weighted by molar-refractivity contribution is -0.00814. The zero-order valence-corrected chi connectivity index (χ0v) is 13.6. The quantitative estimate of drug-likeness (QED) is 0.738.